The van der Waals surface area contributed by atoms with Crippen molar-refractivity contribution in [3.05, 3.63) is 29.3 Å². The van der Waals surface area contributed by atoms with E-state index in [-0.39, 0.29) is 11.8 Å². The van der Waals surface area contributed by atoms with Gasteiger partial charge in [-0.1, -0.05) is 39.8 Å². The van der Waals surface area contributed by atoms with Crippen LogP contribution in [0.5, 0.6) is 5.75 Å². The molecule has 0 heterocycles. The first-order valence-electron chi connectivity index (χ1n) is 6.64. The van der Waals surface area contributed by atoms with Gasteiger partial charge < -0.3 is 9.84 Å². The number of rotatable bonds is 6. The summed E-state index contributed by atoms with van der Waals surface area (Å²) in [6.45, 7) is 8.24. The number of methoxy groups -OCH3 is 1. The zero-order chi connectivity index (χ0) is 14.6. The molecule has 0 fully saturated rings. The van der Waals surface area contributed by atoms with Crippen LogP contribution < -0.4 is 4.74 Å². The lowest BCUT2D eigenvalue weighted by molar-refractivity contribution is -0.139. The molecule has 0 saturated heterocycles. The summed E-state index contributed by atoms with van der Waals surface area (Å²) in [6.07, 6.45) is 0.852. The summed E-state index contributed by atoms with van der Waals surface area (Å²) >= 11 is 0. The van der Waals surface area contributed by atoms with Crippen molar-refractivity contribution in [2.75, 3.05) is 7.11 Å². The van der Waals surface area contributed by atoms with Gasteiger partial charge in [-0.15, -0.1) is 0 Å². The lowest BCUT2D eigenvalue weighted by atomic mass is 9.81. The summed E-state index contributed by atoms with van der Waals surface area (Å²) in [5.74, 6) is 0.527. The van der Waals surface area contributed by atoms with Crippen molar-refractivity contribution in [1.82, 2.24) is 0 Å². The highest BCUT2D eigenvalue weighted by Crippen LogP contribution is 2.32. The van der Waals surface area contributed by atoms with E-state index >= 15 is 0 Å². The van der Waals surface area contributed by atoms with E-state index in [9.17, 15) is 4.79 Å². The summed E-state index contributed by atoms with van der Waals surface area (Å²) < 4.78 is 5.38. The Kier molecular flexibility index (Phi) is 4.98. The molecule has 1 aromatic rings. The molecule has 0 bridgehead atoms. The van der Waals surface area contributed by atoms with Gasteiger partial charge in [0.2, 0.25) is 0 Å². The molecule has 0 aromatic heterocycles. The van der Waals surface area contributed by atoms with Crippen LogP contribution in [0.15, 0.2) is 18.2 Å². The smallest absolute Gasteiger partial charge is 0.303 e. The third-order valence-electron chi connectivity index (χ3n) is 3.27. The molecule has 0 aliphatic heterocycles. The van der Waals surface area contributed by atoms with Crippen molar-refractivity contribution in [1.29, 1.82) is 0 Å². The Hall–Kier alpha value is -1.51. The average molecular weight is 264 g/mol. The molecule has 19 heavy (non-hydrogen) atoms. The maximum Gasteiger partial charge on any atom is 0.303 e. The number of hydrogen-bond donors (Lipinski definition) is 1. The molecule has 0 spiro atoms. The average Bonchev–Trinajstić information content (AvgIpc) is 2.26. The number of hydrogen-bond acceptors (Lipinski definition) is 2. The molecule has 0 aliphatic rings. The van der Waals surface area contributed by atoms with Crippen LogP contribution in [0.1, 0.15) is 51.2 Å². The Morgan fingerprint density at radius 3 is 2.47 bits per heavy atom. The van der Waals surface area contributed by atoms with E-state index in [4.69, 9.17) is 9.84 Å². The van der Waals surface area contributed by atoms with Crippen LogP contribution in [0.3, 0.4) is 0 Å². The van der Waals surface area contributed by atoms with Gasteiger partial charge in [-0.3, -0.25) is 4.79 Å². The fraction of sp³-hybridized carbons (Fsp3) is 0.562. The van der Waals surface area contributed by atoms with Crippen molar-refractivity contribution < 1.29 is 14.6 Å². The van der Waals surface area contributed by atoms with E-state index in [1.165, 1.54) is 5.56 Å². The zero-order valence-electron chi connectivity index (χ0n) is 12.5. The van der Waals surface area contributed by atoms with Crippen molar-refractivity contribution >= 4 is 5.97 Å². The van der Waals surface area contributed by atoms with E-state index in [2.05, 4.69) is 26.0 Å². The minimum absolute atomic E-state index is 0.155. The van der Waals surface area contributed by atoms with Gasteiger partial charge in [-0.05, 0) is 34.9 Å². The van der Waals surface area contributed by atoms with E-state index in [0.717, 1.165) is 11.3 Å². The van der Waals surface area contributed by atoms with Crippen LogP contribution in [0.25, 0.3) is 0 Å². The van der Waals surface area contributed by atoms with Crippen LogP contribution in [0, 0.1) is 5.41 Å². The van der Waals surface area contributed by atoms with Crippen molar-refractivity contribution in [2.45, 2.75) is 46.5 Å². The maximum atomic E-state index is 10.9. The zero-order valence-corrected chi connectivity index (χ0v) is 12.5. The lowest BCUT2D eigenvalue weighted by Gasteiger charge is -2.24. The molecular weight excluding hydrogens is 240 g/mol. The molecule has 0 radical (unpaired) electrons. The van der Waals surface area contributed by atoms with Gasteiger partial charge in [-0.2, -0.15) is 0 Å². The molecule has 106 valence electrons. The number of carbonyl (C=O) groups is 1. The van der Waals surface area contributed by atoms with Gasteiger partial charge in [0.05, 0.1) is 13.5 Å². The van der Waals surface area contributed by atoms with Crippen LogP contribution in [-0.2, 0) is 11.2 Å². The first-order chi connectivity index (χ1) is 8.75. The van der Waals surface area contributed by atoms with Gasteiger partial charge >= 0.3 is 5.97 Å². The van der Waals surface area contributed by atoms with E-state index < -0.39 is 5.97 Å². The Balaban J connectivity index is 3.03. The Labute approximate surface area is 115 Å². The second kappa shape index (κ2) is 6.09. The summed E-state index contributed by atoms with van der Waals surface area (Å²) in [6, 6.07) is 6.17. The van der Waals surface area contributed by atoms with Gasteiger partial charge in [0.25, 0.3) is 0 Å². The van der Waals surface area contributed by atoms with E-state index in [1.54, 1.807) is 7.11 Å². The molecule has 0 aliphatic carbocycles. The minimum Gasteiger partial charge on any atom is -0.496 e. The number of aliphatic carboxylic acids is 1. The molecule has 0 atom stereocenters. The number of benzene rings is 1. The quantitative estimate of drug-likeness (QED) is 0.848. The summed E-state index contributed by atoms with van der Waals surface area (Å²) in [5.41, 5.74) is 2.05. The van der Waals surface area contributed by atoms with Gasteiger partial charge in [-0.25, -0.2) is 0 Å². The van der Waals surface area contributed by atoms with Crippen LogP contribution in [0.2, 0.25) is 0 Å². The van der Waals surface area contributed by atoms with Gasteiger partial charge in [0.1, 0.15) is 5.75 Å². The van der Waals surface area contributed by atoms with Crippen molar-refractivity contribution in [3.8, 4) is 5.75 Å². The number of carboxylic acids is 1. The molecule has 3 heteroatoms. The lowest BCUT2D eigenvalue weighted by Crippen LogP contribution is -2.20. The summed E-state index contributed by atoms with van der Waals surface area (Å²) in [5, 5.41) is 8.97. The standard InChI is InChI=1S/C16H24O3/c1-11(2)12-6-7-14(19-5)13(8-12)9-16(3,4)10-15(17)18/h6-8,11H,9-10H2,1-5H3,(H,17,18). The predicted octanol–water partition coefficient (Wildman–Crippen LogP) is 3.86. The van der Waals surface area contributed by atoms with Crippen LogP contribution in [0.4, 0.5) is 0 Å². The minimum atomic E-state index is -0.760. The van der Waals surface area contributed by atoms with E-state index in [0.29, 0.717) is 12.3 Å². The summed E-state index contributed by atoms with van der Waals surface area (Å²) in [7, 11) is 1.65. The molecule has 0 saturated carbocycles. The second-order valence-electron chi connectivity index (χ2n) is 6.14. The molecule has 1 N–H and O–H groups in total. The van der Waals surface area contributed by atoms with Gasteiger partial charge in [0.15, 0.2) is 0 Å². The van der Waals surface area contributed by atoms with Crippen molar-refractivity contribution in [3.63, 3.8) is 0 Å². The SMILES string of the molecule is COc1ccc(C(C)C)cc1CC(C)(C)CC(=O)O. The molecule has 0 amide bonds. The molecule has 0 unspecified atom stereocenters. The van der Waals surface area contributed by atoms with E-state index in [1.807, 2.05) is 19.9 Å². The molecule has 3 nitrogen and oxygen atoms in total. The number of carboxylic acid groups (broad SMARTS) is 1. The first-order valence-corrected chi connectivity index (χ1v) is 6.64. The van der Waals surface area contributed by atoms with Gasteiger partial charge in [0, 0.05) is 0 Å². The number of ether oxygens (including phenoxy) is 1. The topological polar surface area (TPSA) is 46.5 Å². The van der Waals surface area contributed by atoms with Crippen LogP contribution in [-0.4, -0.2) is 18.2 Å². The summed E-state index contributed by atoms with van der Waals surface area (Å²) in [4.78, 5) is 10.9. The maximum absolute atomic E-state index is 10.9. The highest BCUT2D eigenvalue weighted by Gasteiger charge is 2.24. The fourth-order valence-electron chi connectivity index (χ4n) is 2.28. The Morgan fingerprint density at radius 2 is 2.00 bits per heavy atom. The predicted molar refractivity (Wildman–Crippen MR) is 76.8 cm³/mol. The van der Waals surface area contributed by atoms with Crippen molar-refractivity contribution in [2.24, 2.45) is 5.41 Å². The highest BCUT2D eigenvalue weighted by molar-refractivity contribution is 5.67. The largest absolute Gasteiger partial charge is 0.496 e. The van der Waals surface area contributed by atoms with Crippen LogP contribution >= 0.6 is 0 Å². The third kappa shape index (κ3) is 4.58. The Bertz CT molecular complexity index is 447. The first kappa shape index (κ1) is 15.5. The molecule has 1 rings (SSSR count). The highest BCUT2D eigenvalue weighted by atomic mass is 16.5. The normalized spacial score (nSPS) is 11.7. The molecule has 1 aromatic carbocycles. The fourth-order valence-corrected chi connectivity index (χ4v) is 2.28. The third-order valence-corrected chi connectivity index (χ3v) is 3.27. The Morgan fingerprint density at radius 1 is 1.37 bits per heavy atom. The second-order valence-corrected chi connectivity index (χ2v) is 6.14. The monoisotopic (exact) mass is 264 g/mol. The molecular formula is C16H24O3.